The summed E-state index contributed by atoms with van der Waals surface area (Å²) >= 11 is 0. The van der Waals surface area contributed by atoms with Crippen LogP contribution in [-0.4, -0.2) is 69.4 Å². The minimum Gasteiger partial charge on any atom is -0.370 e. The smallest absolute Gasteiger partial charge is 0.329 e. The number of carbonyl (C=O) groups is 4. The van der Waals surface area contributed by atoms with Crippen LogP contribution >= 0.6 is 0 Å². The number of aryl methyl sites for hydroxylation is 2. The van der Waals surface area contributed by atoms with Crippen LogP contribution in [0.15, 0.2) is 41.2 Å². The summed E-state index contributed by atoms with van der Waals surface area (Å²) in [6.45, 7) is 1.60. The molecule has 12 nitrogen and oxygen atoms in total. The average Bonchev–Trinajstić information content (AvgIpc) is 3.33. The number of hydrogen-bond donors (Lipinski definition) is 4. The lowest BCUT2D eigenvalue weighted by atomic mass is 9.90. The van der Waals surface area contributed by atoms with Crippen LogP contribution in [0.5, 0.6) is 0 Å². The van der Waals surface area contributed by atoms with Gasteiger partial charge in [-0.25, -0.2) is 13.6 Å². The number of likely N-dealkylation sites (tertiary alicyclic amines) is 1. The van der Waals surface area contributed by atoms with Crippen LogP contribution in [0.25, 0.3) is 11.0 Å². The van der Waals surface area contributed by atoms with Crippen LogP contribution in [0.1, 0.15) is 68.5 Å². The number of aromatic nitrogens is 2. The molecule has 2 aliphatic rings. The Morgan fingerprint density at radius 2 is 1.73 bits per heavy atom. The Labute approximate surface area is 283 Å². The maximum absolute atomic E-state index is 13.9. The average molecular weight is 682 g/mol. The van der Waals surface area contributed by atoms with E-state index >= 15 is 0 Å². The maximum atomic E-state index is 13.9. The molecule has 6 N–H and O–H groups in total. The van der Waals surface area contributed by atoms with E-state index in [9.17, 15) is 32.8 Å². The van der Waals surface area contributed by atoms with Gasteiger partial charge < -0.3 is 27.0 Å². The summed E-state index contributed by atoms with van der Waals surface area (Å²) in [5.41, 5.74) is 13.9. The molecule has 0 spiro atoms. The molecule has 0 radical (unpaired) electrons. The highest BCUT2D eigenvalue weighted by Gasteiger charge is 2.31. The molecule has 1 aromatic heterocycles. The molecule has 0 saturated carbocycles. The highest BCUT2D eigenvalue weighted by Crippen LogP contribution is 2.26. The number of rotatable bonds is 13. The SMILES string of the molecule is Cn1c(=O)n(C2CCCNC2=O)c2ccc(CCCC3CCN(C(=O)[C@H](Cc4ccc(F)c(F)c4)NC(=O)[C@@H](N)CCC(N)=O)CC3)cc21. The number of fused-ring (bicyclic) bond motifs is 1. The third-order valence-corrected chi connectivity index (χ3v) is 9.80. The number of halogens is 2. The molecule has 2 saturated heterocycles. The quantitative estimate of drug-likeness (QED) is 0.215. The Morgan fingerprint density at radius 1 is 1.00 bits per heavy atom. The van der Waals surface area contributed by atoms with Crippen LogP contribution < -0.4 is 27.8 Å². The lowest BCUT2D eigenvalue weighted by Crippen LogP contribution is -2.54. The molecule has 2 fully saturated rings. The Kier molecular flexibility index (Phi) is 11.5. The first-order chi connectivity index (χ1) is 23.4. The summed E-state index contributed by atoms with van der Waals surface area (Å²) in [5.74, 6) is -3.37. The van der Waals surface area contributed by atoms with Crippen molar-refractivity contribution in [2.45, 2.75) is 82.3 Å². The normalized spacial score (nSPS) is 18.2. The molecular formula is C35H45F2N7O5. The molecule has 2 aromatic carbocycles. The van der Waals surface area contributed by atoms with Crippen molar-refractivity contribution in [1.29, 1.82) is 0 Å². The van der Waals surface area contributed by atoms with Crippen LogP contribution in [0.3, 0.4) is 0 Å². The van der Waals surface area contributed by atoms with E-state index < -0.39 is 41.6 Å². The fourth-order valence-corrected chi connectivity index (χ4v) is 6.94. The summed E-state index contributed by atoms with van der Waals surface area (Å²) in [6.07, 6.45) is 5.55. The van der Waals surface area contributed by atoms with E-state index in [1.807, 2.05) is 18.2 Å². The number of nitrogens with zero attached hydrogens (tertiary/aromatic N) is 3. The zero-order valence-corrected chi connectivity index (χ0v) is 27.8. The van der Waals surface area contributed by atoms with Gasteiger partial charge in [-0.05, 0) is 92.7 Å². The number of nitrogens with one attached hydrogen (secondary N) is 2. The first kappa shape index (κ1) is 35.7. The molecule has 3 aromatic rings. The molecule has 5 rings (SSSR count). The fraction of sp³-hybridized carbons (Fsp3) is 0.514. The molecule has 1 unspecified atom stereocenters. The van der Waals surface area contributed by atoms with Crippen molar-refractivity contribution in [1.82, 2.24) is 24.7 Å². The highest BCUT2D eigenvalue weighted by atomic mass is 19.2. The topological polar surface area (TPSA) is 175 Å². The molecular weight excluding hydrogens is 636 g/mol. The number of benzene rings is 2. The van der Waals surface area contributed by atoms with Gasteiger partial charge in [-0.2, -0.15) is 0 Å². The number of amides is 4. The third kappa shape index (κ3) is 8.53. The Balaban J connectivity index is 1.16. The van der Waals surface area contributed by atoms with Gasteiger partial charge in [0.1, 0.15) is 12.1 Å². The summed E-state index contributed by atoms with van der Waals surface area (Å²) in [7, 11) is 1.73. The second kappa shape index (κ2) is 15.7. The molecule has 2 aliphatic heterocycles. The van der Waals surface area contributed by atoms with Crippen molar-refractivity contribution in [3.63, 3.8) is 0 Å². The van der Waals surface area contributed by atoms with Gasteiger partial charge in [-0.15, -0.1) is 0 Å². The fourth-order valence-electron chi connectivity index (χ4n) is 6.94. The van der Waals surface area contributed by atoms with Gasteiger partial charge >= 0.3 is 5.69 Å². The Morgan fingerprint density at radius 3 is 2.43 bits per heavy atom. The van der Waals surface area contributed by atoms with Crippen molar-refractivity contribution in [3.8, 4) is 0 Å². The lowest BCUT2D eigenvalue weighted by Gasteiger charge is -2.35. The molecule has 3 atom stereocenters. The summed E-state index contributed by atoms with van der Waals surface area (Å²) in [6, 6.07) is 6.69. The second-order valence-corrected chi connectivity index (χ2v) is 13.3. The largest absolute Gasteiger partial charge is 0.370 e. The number of carbonyl (C=O) groups excluding carboxylic acids is 4. The zero-order valence-electron chi connectivity index (χ0n) is 27.8. The van der Waals surface area contributed by atoms with Gasteiger partial charge in [0, 0.05) is 39.5 Å². The summed E-state index contributed by atoms with van der Waals surface area (Å²) in [4.78, 5) is 64.9. The number of hydrogen-bond acceptors (Lipinski definition) is 6. The maximum Gasteiger partial charge on any atom is 0.329 e. The van der Waals surface area contributed by atoms with E-state index in [1.54, 1.807) is 21.1 Å². The summed E-state index contributed by atoms with van der Waals surface area (Å²) < 4.78 is 30.7. The minimum absolute atomic E-state index is 0.0105. The van der Waals surface area contributed by atoms with Gasteiger partial charge in [0.15, 0.2) is 11.6 Å². The van der Waals surface area contributed by atoms with Gasteiger partial charge in [-0.3, -0.25) is 28.3 Å². The first-order valence-electron chi connectivity index (χ1n) is 17.0. The van der Waals surface area contributed by atoms with Crippen molar-refractivity contribution < 1.29 is 28.0 Å². The van der Waals surface area contributed by atoms with Crippen molar-refractivity contribution in [2.75, 3.05) is 19.6 Å². The molecule has 49 heavy (non-hydrogen) atoms. The van der Waals surface area contributed by atoms with Crippen LogP contribution in [-0.2, 0) is 39.1 Å². The van der Waals surface area contributed by atoms with Gasteiger partial charge in [0.25, 0.3) is 0 Å². The molecule has 4 amide bonds. The Hall–Kier alpha value is -4.59. The van der Waals surface area contributed by atoms with E-state index in [2.05, 4.69) is 10.6 Å². The zero-order chi connectivity index (χ0) is 35.2. The molecule has 0 aliphatic carbocycles. The van der Waals surface area contributed by atoms with E-state index in [4.69, 9.17) is 11.5 Å². The molecule has 264 valence electrons. The number of primary amides is 1. The lowest BCUT2D eigenvalue weighted by molar-refractivity contribution is -0.138. The van der Waals surface area contributed by atoms with Crippen molar-refractivity contribution in [2.24, 2.45) is 24.4 Å². The molecule has 14 heteroatoms. The summed E-state index contributed by atoms with van der Waals surface area (Å²) in [5, 5.41) is 5.52. The van der Waals surface area contributed by atoms with E-state index in [-0.39, 0.29) is 36.8 Å². The van der Waals surface area contributed by atoms with Crippen molar-refractivity contribution in [3.05, 3.63) is 69.6 Å². The van der Waals surface area contributed by atoms with Crippen LogP contribution in [0.4, 0.5) is 8.78 Å². The number of imidazole rings is 1. The minimum atomic E-state index is -1.07. The third-order valence-electron chi connectivity index (χ3n) is 9.80. The van der Waals surface area contributed by atoms with Crippen LogP contribution in [0.2, 0.25) is 0 Å². The van der Waals surface area contributed by atoms with Crippen LogP contribution in [0, 0.1) is 17.6 Å². The van der Waals surface area contributed by atoms with Gasteiger partial charge in [0.05, 0.1) is 17.1 Å². The number of nitrogens with two attached hydrogens (primary N) is 2. The van der Waals surface area contributed by atoms with Gasteiger partial charge in [0.2, 0.25) is 23.6 Å². The second-order valence-electron chi connectivity index (χ2n) is 13.3. The van der Waals surface area contributed by atoms with Crippen molar-refractivity contribution >= 4 is 34.7 Å². The van der Waals surface area contributed by atoms with E-state index in [0.717, 1.165) is 67.3 Å². The van der Waals surface area contributed by atoms with E-state index in [0.29, 0.717) is 37.5 Å². The highest BCUT2D eigenvalue weighted by molar-refractivity contribution is 5.90. The first-order valence-corrected chi connectivity index (χ1v) is 17.0. The monoisotopic (exact) mass is 681 g/mol. The molecule has 3 heterocycles. The Bertz CT molecular complexity index is 1760. The predicted octanol–water partition coefficient (Wildman–Crippen LogP) is 1.95. The number of piperidine rings is 2. The van der Waals surface area contributed by atoms with Gasteiger partial charge in [-0.1, -0.05) is 12.1 Å². The standard InChI is InChI=1S/C35H45F2N7O5/c1-42-30-20-22(8-11-28(30)44(35(42)49)29-6-3-15-40-33(29)47)5-2-4-21-13-16-43(17-14-21)34(48)27(19-23-7-9-24(36)25(37)18-23)41-32(46)26(38)10-12-31(39)45/h7-9,11,18,20-21,26-27,29H,2-6,10,12-17,19,38H2,1H3,(H2,39,45)(H,40,47)(H,41,46)/t26-,27-,29?/m0/s1. The predicted molar refractivity (Wildman–Crippen MR) is 179 cm³/mol. The van der Waals surface area contributed by atoms with E-state index in [1.165, 1.54) is 6.07 Å². The molecule has 0 bridgehead atoms.